The summed E-state index contributed by atoms with van der Waals surface area (Å²) in [4.78, 5) is 12.8. The third kappa shape index (κ3) is 4.39. The van der Waals surface area contributed by atoms with Gasteiger partial charge in [-0.1, -0.05) is 31.2 Å². The van der Waals surface area contributed by atoms with E-state index in [4.69, 9.17) is 9.47 Å². The van der Waals surface area contributed by atoms with Crippen molar-refractivity contribution in [2.75, 3.05) is 14.2 Å². The Labute approximate surface area is 172 Å². The first-order valence-electron chi connectivity index (χ1n) is 10.0. The Morgan fingerprint density at radius 1 is 1.10 bits per heavy atom. The number of fused-ring (bicyclic) bond motifs is 1. The second-order valence-corrected chi connectivity index (χ2v) is 7.46. The highest BCUT2D eigenvalue weighted by atomic mass is 16.5. The molecular weight excluding hydrogens is 364 g/mol. The number of methoxy groups -OCH3 is 2. The van der Waals surface area contributed by atoms with Crippen molar-refractivity contribution < 1.29 is 14.3 Å². The molecule has 1 heterocycles. The largest absolute Gasteiger partial charge is 0.493 e. The van der Waals surface area contributed by atoms with Gasteiger partial charge in [0.05, 0.1) is 14.2 Å². The summed E-state index contributed by atoms with van der Waals surface area (Å²) in [5.41, 5.74) is 3.31. The minimum absolute atomic E-state index is 0.0482. The van der Waals surface area contributed by atoms with Gasteiger partial charge in [-0.2, -0.15) is 0 Å². The van der Waals surface area contributed by atoms with E-state index in [1.807, 2.05) is 44.3 Å². The Bertz CT molecular complexity index is 993. The van der Waals surface area contributed by atoms with Gasteiger partial charge in [-0.3, -0.25) is 4.79 Å². The number of amides is 1. The zero-order valence-electron chi connectivity index (χ0n) is 17.9. The average Bonchev–Trinajstić information content (AvgIpc) is 3.08. The van der Waals surface area contributed by atoms with Crippen molar-refractivity contribution in [1.82, 2.24) is 9.88 Å². The van der Waals surface area contributed by atoms with Gasteiger partial charge in [0.25, 0.3) is 0 Å². The molecule has 0 aliphatic heterocycles. The second kappa shape index (κ2) is 9.03. The number of nitrogens with one attached hydrogen (secondary N) is 1. The van der Waals surface area contributed by atoms with E-state index in [1.165, 1.54) is 0 Å². The third-order valence-corrected chi connectivity index (χ3v) is 5.52. The second-order valence-electron chi connectivity index (χ2n) is 7.46. The molecule has 154 valence electrons. The Kier molecular flexibility index (Phi) is 6.47. The predicted octanol–water partition coefficient (Wildman–Crippen LogP) is 4.63. The molecule has 1 amide bonds. The molecule has 2 atom stereocenters. The highest BCUT2D eigenvalue weighted by Crippen LogP contribution is 2.38. The Hall–Kier alpha value is -2.95. The fourth-order valence-corrected chi connectivity index (χ4v) is 3.75. The lowest BCUT2D eigenvalue weighted by Gasteiger charge is -2.20. The number of nitrogens with zero attached hydrogens (tertiary/aromatic N) is 1. The molecule has 0 bridgehead atoms. The molecule has 0 aliphatic rings. The van der Waals surface area contributed by atoms with Crippen molar-refractivity contribution in [2.24, 2.45) is 7.05 Å². The first-order valence-corrected chi connectivity index (χ1v) is 10.0. The first-order chi connectivity index (χ1) is 14.0. The van der Waals surface area contributed by atoms with Crippen LogP contribution in [0.15, 0.2) is 48.7 Å². The fourth-order valence-electron chi connectivity index (χ4n) is 3.75. The number of aromatic nitrogens is 1. The predicted molar refractivity (Wildman–Crippen MR) is 117 cm³/mol. The van der Waals surface area contributed by atoms with E-state index in [1.54, 1.807) is 14.2 Å². The minimum atomic E-state index is -0.0926. The molecule has 1 N–H and O–H groups in total. The molecule has 0 aliphatic carbocycles. The van der Waals surface area contributed by atoms with E-state index in [2.05, 4.69) is 35.1 Å². The third-order valence-electron chi connectivity index (χ3n) is 5.52. The van der Waals surface area contributed by atoms with E-state index < -0.39 is 0 Å². The Morgan fingerprint density at radius 3 is 2.52 bits per heavy atom. The highest BCUT2D eigenvalue weighted by Gasteiger charge is 2.24. The summed E-state index contributed by atoms with van der Waals surface area (Å²) in [5.74, 6) is 1.30. The molecule has 29 heavy (non-hydrogen) atoms. The van der Waals surface area contributed by atoms with Crippen molar-refractivity contribution in [2.45, 2.75) is 38.6 Å². The monoisotopic (exact) mass is 394 g/mol. The van der Waals surface area contributed by atoms with Crippen LogP contribution in [0.1, 0.15) is 43.7 Å². The molecule has 0 saturated carbocycles. The van der Waals surface area contributed by atoms with E-state index in [9.17, 15) is 4.79 Å². The quantitative estimate of drug-likeness (QED) is 0.606. The van der Waals surface area contributed by atoms with Gasteiger partial charge >= 0.3 is 0 Å². The zero-order chi connectivity index (χ0) is 21.0. The van der Waals surface area contributed by atoms with Crippen LogP contribution >= 0.6 is 0 Å². The number of carbonyl (C=O) groups excluding carboxylic acids is 1. The van der Waals surface area contributed by atoms with Crippen molar-refractivity contribution in [1.29, 1.82) is 0 Å². The van der Waals surface area contributed by atoms with E-state index in [0.29, 0.717) is 17.9 Å². The van der Waals surface area contributed by atoms with Crippen LogP contribution in [0, 0.1) is 0 Å². The van der Waals surface area contributed by atoms with Crippen molar-refractivity contribution in [3.8, 4) is 11.5 Å². The van der Waals surface area contributed by atoms with Crippen molar-refractivity contribution in [3.05, 3.63) is 59.8 Å². The summed E-state index contributed by atoms with van der Waals surface area (Å²) in [6, 6.07) is 14.3. The smallest absolute Gasteiger partial charge is 0.221 e. The highest BCUT2D eigenvalue weighted by molar-refractivity contribution is 5.86. The number of hydrogen-bond donors (Lipinski definition) is 1. The van der Waals surface area contributed by atoms with Crippen LogP contribution in [0.2, 0.25) is 0 Å². The number of carbonyl (C=O) groups is 1. The summed E-state index contributed by atoms with van der Waals surface area (Å²) in [6.07, 6.45) is 3.40. The van der Waals surface area contributed by atoms with E-state index in [-0.39, 0.29) is 17.9 Å². The maximum atomic E-state index is 12.8. The fraction of sp³-hybridized carbons (Fsp3) is 0.375. The lowest BCUT2D eigenvalue weighted by atomic mass is 9.87. The molecule has 0 saturated heterocycles. The molecule has 0 unspecified atom stereocenters. The maximum Gasteiger partial charge on any atom is 0.221 e. The van der Waals surface area contributed by atoms with Gasteiger partial charge in [0, 0.05) is 42.5 Å². The minimum Gasteiger partial charge on any atom is -0.493 e. The van der Waals surface area contributed by atoms with Gasteiger partial charge in [-0.15, -0.1) is 0 Å². The van der Waals surface area contributed by atoms with E-state index in [0.717, 1.165) is 28.5 Å². The summed E-state index contributed by atoms with van der Waals surface area (Å²) < 4.78 is 13.0. The molecule has 1 aromatic heterocycles. The Balaban J connectivity index is 2.08. The first kappa shape index (κ1) is 20.8. The number of para-hydroxylation sites is 1. The normalized spacial score (nSPS) is 13.1. The van der Waals surface area contributed by atoms with Crippen molar-refractivity contribution >= 4 is 16.8 Å². The average molecular weight is 395 g/mol. The van der Waals surface area contributed by atoms with Gasteiger partial charge in [0.15, 0.2) is 11.5 Å². The molecule has 5 nitrogen and oxygen atoms in total. The van der Waals surface area contributed by atoms with E-state index >= 15 is 0 Å². The molecule has 3 rings (SSSR count). The molecule has 0 radical (unpaired) electrons. The zero-order valence-corrected chi connectivity index (χ0v) is 17.9. The maximum absolute atomic E-state index is 12.8. The summed E-state index contributed by atoms with van der Waals surface area (Å²) in [5, 5.41) is 4.26. The number of ether oxygens (including phenoxy) is 2. The number of rotatable bonds is 8. The van der Waals surface area contributed by atoms with Gasteiger partial charge in [0.2, 0.25) is 5.91 Å². The summed E-state index contributed by atoms with van der Waals surface area (Å²) in [7, 11) is 5.29. The molecule has 5 heteroatoms. The summed E-state index contributed by atoms with van der Waals surface area (Å²) >= 11 is 0. The van der Waals surface area contributed by atoms with Crippen LogP contribution < -0.4 is 14.8 Å². The van der Waals surface area contributed by atoms with Gasteiger partial charge in [0.1, 0.15) is 0 Å². The lowest BCUT2D eigenvalue weighted by Crippen LogP contribution is -2.33. The SMILES string of the molecule is CC[C@H](C)NC(=O)C[C@H](c1ccc(OC)c(OC)c1)c1cn(C)c2ccccc12. The summed E-state index contributed by atoms with van der Waals surface area (Å²) in [6.45, 7) is 4.10. The molecule has 0 spiro atoms. The van der Waals surface area contributed by atoms with Crippen LogP contribution in [0.5, 0.6) is 11.5 Å². The van der Waals surface area contributed by atoms with Crippen LogP contribution in [-0.2, 0) is 11.8 Å². The van der Waals surface area contributed by atoms with Crippen LogP contribution in [0.25, 0.3) is 10.9 Å². The lowest BCUT2D eigenvalue weighted by molar-refractivity contribution is -0.121. The van der Waals surface area contributed by atoms with Gasteiger partial charge in [-0.25, -0.2) is 0 Å². The number of hydrogen-bond acceptors (Lipinski definition) is 3. The molecule has 0 fully saturated rings. The Morgan fingerprint density at radius 2 is 1.83 bits per heavy atom. The number of benzene rings is 2. The van der Waals surface area contributed by atoms with Gasteiger partial charge < -0.3 is 19.4 Å². The van der Waals surface area contributed by atoms with Gasteiger partial charge in [-0.05, 0) is 42.7 Å². The standard InChI is InChI=1S/C24H30N2O3/c1-6-16(2)25-24(27)14-19(17-11-12-22(28-4)23(13-17)29-5)20-15-26(3)21-10-8-7-9-18(20)21/h7-13,15-16,19H,6,14H2,1-5H3,(H,25,27)/t16-,19+/m0/s1. The number of aryl methyl sites for hydroxylation is 1. The molecule has 2 aromatic carbocycles. The topological polar surface area (TPSA) is 52.5 Å². The molecular formula is C24H30N2O3. The van der Waals surface area contributed by atoms with Crippen LogP contribution in [-0.4, -0.2) is 30.7 Å². The van der Waals surface area contributed by atoms with Crippen LogP contribution in [0.4, 0.5) is 0 Å². The van der Waals surface area contributed by atoms with Crippen molar-refractivity contribution in [3.63, 3.8) is 0 Å². The van der Waals surface area contributed by atoms with Crippen LogP contribution in [0.3, 0.4) is 0 Å². The molecule has 3 aromatic rings.